The van der Waals surface area contributed by atoms with Gasteiger partial charge in [0, 0.05) is 38.9 Å². The van der Waals surface area contributed by atoms with Gasteiger partial charge in [0.1, 0.15) is 0 Å². The molecule has 0 bridgehead atoms. The Morgan fingerprint density at radius 3 is 1.91 bits per heavy atom. The van der Waals surface area contributed by atoms with Crippen LogP contribution in [0.5, 0.6) is 0 Å². The highest BCUT2D eigenvalue weighted by Crippen LogP contribution is 2.43. The molecule has 0 N–H and O–H groups in total. The van der Waals surface area contributed by atoms with Crippen molar-refractivity contribution < 1.29 is 0 Å². The molecule has 7 aromatic carbocycles. The van der Waals surface area contributed by atoms with Crippen LogP contribution in [-0.2, 0) is 6.42 Å². The highest BCUT2D eigenvalue weighted by atomic mass is 14.8. The van der Waals surface area contributed by atoms with Crippen molar-refractivity contribution >= 4 is 65.8 Å². The Labute approximate surface area is 318 Å². The summed E-state index contributed by atoms with van der Waals surface area (Å²) in [7, 11) is 0. The van der Waals surface area contributed by atoms with Crippen LogP contribution in [0.4, 0.5) is 0 Å². The first-order chi connectivity index (χ1) is 27.3. The van der Waals surface area contributed by atoms with E-state index in [0.29, 0.717) is 0 Å². The van der Waals surface area contributed by atoms with E-state index in [1.165, 1.54) is 60.0 Å². The Balaban J connectivity index is 0.992. The molecule has 3 heteroatoms. The molecule has 3 nitrogen and oxygen atoms in total. The van der Waals surface area contributed by atoms with E-state index in [9.17, 15) is 0 Å². The Morgan fingerprint density at radius 1 is 0.436 bits per heavy atom. The van der Waals surface area contributed by atoms with Crippen LogP contribution in [0.3, 0.4) is 0 Å². The molecule has 256 valence electrons. The maximum Gasteiger partial charge on any atom is 0.0894 e. The molecule has 0 spiro atoms. The first kappa shape index (κ1) is 31.3. The summed E-state index contributed by atoms with van der Waals surface area (Å²) in [5, 5.41) is 9.69. The van der Waals surface area contributed by atoms with E-state index in [1.54, 1.807) is 0 Å². The average molecular weight is 700 g/mol. The van der Waals surface area contributed by atoms with Crippen LogP contribution in [0, 0.1) is 0 Å². The number of allylic oxidation sites excluding steroid dienone is 3. The van der Waals surface area contributed by atoms with Gasteiger partial charge in [0.05, 0.1) is 28.1 Å². The fraction of sp³-hybridized carbons (Fsp3) is 0.0192. The topological polar surface area (TPSA) is 38.7 Å². The van der Waals surface area contributed by atoms with Gasteiger partial charge in [0.2, 0.25) is 0 Å². The number of benzene rings is 7. The van der Waals surface area contributed by atoms with Gasteiger partial charge in [0.25, 0.3) is 0 Å². The predicted octanol–water partition coefficient (Wildman–Crippen LogP) is 13.3. The average Bonchev–Trinajstić information content (AvgIpc) is 3.49. The van der Waals surface area contributed by atoms with Crippen molar-refractivity contribution in [2.24, 2.45) is 0 Å². The van der Waals surface area contributed by atoms with Gasteiger partial charge < -0.3 is 0 Å². The van der Waals surface area contributed by atoms with Crippen molar-refractivity contribution in [3.63, 3.8) is 0 Å². The van der Waals surface area contributed by atoms with Crippen LogP contribution < -0.4 is 0 Å². The number of rotatable bonds is 4. The minimum Gasteiger partial charge on any atom is -0.254 e. The van der Waals surface area contributed by atoms with Gasteiger partial charge in [-0.3, -0.25) is 4.98 Å². The molecule has 3 heterocycles. The highest BCUT2D eigenvalue weighted by molar-refractivity contribution is 6.33. The maximum absolute atomic E-state index is 5.37. The lowest BCUT2D eigenvalue weighted by Crippen LogP contribution is -1.95. The summed E-state index contributed by atoms with van der Waals surface area (Å²) in [4.78, 5) is 15.6. The van der Waals surface area contributed by atoms with Crippen LogP contribution in [0.25, 0.3) is 99.5 Å². The summed E-state index contributed by atoms with van der Waals surface area (Å²) in [6, 6.07) is 58.2. The molecule has 0 saturated carbocycles. The third-order valence-electron chi connectivity index (χ3n) is 11.1. The number of aromatic nitrogens is 3. The summed E-state index contributed by atoms with van der Waals surface area (Å²) < 4.78 is 0. The Morgan fingerprint density at radius 2 is 1.11 bits per heavy atom. The van der Waals surface area contributed by atoms with Gasteiger partial charge in [-0.1, -0.05) is 158 Å². The van der Waals surface area contributed by atoms with Gasteiger partial charge in [-0.2, -0.15) is 0 Å². The zero-order valence-electron chi connectivity index (χ0n) is 29.9. The van der Waals surface area contributed by atoms with E-state index in [1.807, 2.05) is 6.20 Å². The molecule has 0 unspecified atom stereocenters. The van der Waals surface area contributed by atoms with E-state index in [4.69, 9.17) is 15.0 Å². The molecule has 1 aliphatic rings. The lowest BCUT2D eigenvalue weighted by molar-refractivity contribution is 1.24. The quantitative estimate of drug-likeness (QED) is 0.172. The molecule has 1 aliphatic carbocycles. The molecule has 0 amide bonds. The van der Waals surface area contributed by atoms with E-state index < -0.39 is 0 Å². The smallest absolute Gasteiger partial charge is 0.0894 e. The van der Waals surface area contributed by atoms with Crippen LogP contribution in [0.15, 0.2) is 182 Å². The first-order valence-corrected chi connectivity index (χ1v) is 18.8. The molecule has 10 aromatic rings. The van der Waals surface area contributed by atoms with E-state index in [2.05, 4.69) is 182 Å². The Hall–Kier alpha value is -7.23. The molecule has 55 heavy (non-hydrogen) atoms. The highest BCUT2D eigenvalue weighted by Gasteiger charge is 2.18. The third-order valence-corrected chi connectivity index (χ3v) is 11.1. The largest absolute Gasteiger partial charge is 0.254 e. The number of hydrogen-bond donors (Lipinski definition) is 0. The lowest BCUT2D eigenvalue weighted by atomic mass is 9.89. The predicted molar refractivity (Wildman–Crippen MR) is 231 cm³/mol. The number of hydrogen-bond acceptors (Lipinski definition) is 3. The molecule has 3 aromatic heterocycles. The molecular weight excluding hydrogens is 667 g/mol. The van der Waals surface area contributed by atoms with Crippen molar-refractivity contribution in [2.45, 2.75) is 6.42 Å². The molecule has 0 atom stereocenters. The Bertz CT molecular complexity index is 3210. The maximum atomic E-state index is 5.37. The fourth-order valence-corrected chi connectivity index (χ4v) is 8.48. The SMILES string of the molecule is C1=Cc2ccc3ccc(-c4ccc(-c5cccc(-c6nc7ccccc7c7c8ccccc8c8ccccc8c67)c5)cn4)nc3c2CC=C1c1ccccc1. The number of nitrogens with zero attached hydrogens (tertiary/aromatic N) is 3. The second-order valence-electron chi connectivity index (χ2n) is 14.3. The van der Waals surface area contributed by atoms with Gasteiger partial charge in [-0.25, -0.2) is 9.97 Å². The lowest BCUT2D eigenvalue weighted by Gasteiger charge is -2.16. The standard InChI is InChI=1S/C52H33N3/c1-2-11-33(12-3-1)34-21-22-35-23-24-36-26-30-48(55-51(36)40(35)28-25-34)47-29-27-39(32-53-47)37-13-10-14-38(31-37)52-50-44-18-7-5-16-42(44)41-15-4-6-17-43(41)49(50)45-19-8-9-20-46(45)54-52/h1-27,29-32H,28H2. The van der Waals surface area contributed by atoms with Crippen LogP contribution in [0.1, 0.15) is 16.7 Å². The van der Waals surface area contributed by atoms with Crippen LogP contribution in [-0.4, -0.2) is 15.0 Å². The summed E-state index contributed by atoms with van der Waals surface area (Å²) in [6.45, 7) is 0. The third kappa shape index (κ3) is 5.24. The fourth-order valence-electron chi connectivity index (χ4n) is 8.48. The minimum atomic E-state index is 0.816. The second kappa shape index (κ2) is 12.7. The van der Waals surface area contributed by atoms with Crippen LogP contribution in [0.2, 0.25) is 0 Å². The van der Waals surface area contributed by atoms with Crippen LogP contribution >= 0.6 is 0 Å². The number of pyridine rings is 3. The van der Waals surface area contributed by atoms with E-state index in [0.717, 1.165) is 56.6 Å². The molecule has 11 rings (SSSR count). The second-order valence-corrected chi connectivity index (χ2v) is 14.3. The Kier molecular flexibility index (Phi) is 7.24. The van der Waals surface area contributed by atoms with Crippen molar-refractivity contribution in [2.75, 3.05) is 0 Å². The van der Waals surface area contributed by atoms with E-state index in [-0.39, 0.29) is 0 Å². The molecule has 0 fully saturated rings. The van der Waals surface area contributed by atoms with E-state index >= 15 is 0 Å². The van der Waals surface area contributed by atoms with Gasteiger partial charge in [-0.05, 0) is 80.1 Å². The summed E-state index contributed by atoms with van der Waals surface area (Å²) in [5.74, 6) is 0. The van der Waals surface area contributed by atoms with Gasteiger partial charge >= 0.3 is 0 Å². The van der Waals surface area contributed by atoms with Crippen molar-refractivity contribution in [1.82, 2.24) is 15.0 Å². The van der Waals surface area contributed by atoms with Crippen molar-refractivity contribution in [3.8, 4) is 33.8 Å². The minimum absolute atomic E-state index is 0.816. The monoisotopic (exact) mass is 699 g/mol. The number of fused-ring (bicyclic) bond motifs is 11. The molecule has 0 saturated heterocycles. The summed E-state index contributed by atoms with van der Waals surface area (Å²) in [5.41, 5.74) is 12.8. The summed E-state index contributed by atoms with van der Waals surface area (Å²) >= 11 is 0. The van der Waals surface area contributed by atoms with Crippen molar-refractivity contribution in [3.05, 3.63) is 199 Å². The van der Waals surface area contributed by atoms with Gasteiger partial charge in [-0.15, -0.1) is 0 Å². The van der Waals surface area contributed by atoms with Crippen molar-refractivity contribution in [1.29, 1.82) is 0 Å². The summed E-state index contributed by atoms with van der Waals surface area (Å²) in [6.07, 6.45) is 9.54. The molecular formula is C52H33N3. The zero-order chi connectivity index (χ0) is 36.3. The molecule has 0 radical (unpaired) electrons. The van der Waals surface area contributed by atoms with Gasteiger partial charge in [0.15, 0.2) is 0 Å². The zero-order valence-corrected chi connectivity index (χ0v) is 29.9. The normalized spacial score (nSPS) is 12.7. The molecule has 0 aliphatic heterocycles. The number of para-hydroxylation sites is 1. The first-order valence-electron chi connectivity index (χ1n) is 18.8.